The second kappa shape index (κ2) is 6.16. The summed E-state index contributed by atoms with van der Waals surface area (Å²) < 4.78 is 20.9. The first-order valence-electron chi connectivity index (χ1n) is 7.71. The first-order chi connectivity index (χ1) is 11.2. The third-order valence-electron chi connectivity index (χ3n) is 3.72. The van der Waals surface area contributed by atoms with Crippen molar-refractivity contribution in [3.8, 4) is 0 Å². The second-order valence-corrected chi connectivity index (χ2v) is 7.20. The summed E-state index contributed by atoms with van der Waals surface area (Å²) in [5.74, 6) is 0. The van der Waals surface area contributed by atoms with E-state index in [-0.39, 0.29) is 24.3 Å². The molecule has 0 radical (unpaired) electrons. The predicted molar refractivity (Wildman–Crippen MR) is 86.6 cm³/mol. The van der Waals surface area contributed by atoms with Gasteiger partial charge in [0.25, 0.3) is 0 Å². The van der Waals surface area contributed by atoms with Crippen LogP contribution in [0.5, 0.6) is 0 Å². The van der Waals surface area contributed by atoms with Gasteiger partial charge in [0, 0.05) is 12.6 Å². The molecule has 0 aromatic carbocycles. The molecule has 24 heavy (non-hydrogen) atoms. The van der Waals surface area contributed by atoms with Gasteiger partial charge in [0.05, 0.1) is 30.7 Å². The van der Waals surface area contributed by atoms with Crippen molar-refractivity contribution < 1.29 is 13.9 Å². The summed E-state index contributed by atoms with van der Waals surface area (Å²) in [6, 6.07) is -0.355. The van der Waals surface area contributed by atoms with Gasteiger partial charge in [0.15, 0.2) is 5.65 Å². The molecule has 2 aromatic rings. The van der Waals surface area contributed by atoms with E-state index in [4.69, 9.17) is 16.3 Å². The summed E-state index contributed by atoms with van der Waals surface area (Å²) in [5, 5.41) is 5.10. The van der Waals surface area contributed by atoms with Crippen molar-refractivity contribution in [2.75, 3.05) is 6.54 Å². The van der Waals surface area contributed by atoms with Crippen LogP contribution < -0.4 is 0 Å². The third kappa shape index (κ3) is 3.58. The molecular formula is C15H19ClFN5O2. The Morgan fingerprint density at radius 2 is 2.21 bits per heavy atom. The average Bonchev–Trinajstić information content (AvgIpc) is 3.01. The van der Waals surface area contributed by atoms with E-state index in [1.54, 1.807) is 37.8 Å². The Morgan fingerprint density at radius 1 is 1.46 bits per heavy atom. The number of halogens is 2. The van der Waals surface area contributed by atoms with Crippen molar-refractivity contribution in [2.24, 2.45) is 0 Å². The number of hydrogen-bond acceptors (Lipinski definition) is 5. The molecule has 0 bridgehead atoms. The molecule has 7 nitrogen and oxygen atoms in total. The topological polar surface area (TPSA) is 73.1 Å². The van der Waals surface area contributed by atoms with Gasteiger partial charge in [-0.2, -0.15) is 10.1 Å². The number of carbonyl (C=O) groups is 1. The Morgan fingerprint density at radius 3 is 2.92 bits per heavy atom. The van der Waals surface area contributed by atoms with Crippen LogP contribution in [0.2, 0.25) is 5.28 Å². The summed E-state index contributed by atoms with van der Waals surface area (Å²) in [5.41, 5.74) is -0.0729. The minimum atomic E-state index is -1.08. The quantitative estimate of drug-likeness (QED) is 0.774. The van der Waals surface area contributed by atoms with Gasteiger partial charge in [0.1, 0.15) is 11.8 Å². The summed E-state index contributed by atoms with van der Waals surface area (Å²) in [4.78, 5) is 21.8. The normalized spacial score (nSPS) is 21.5. The lowest BCUT2D eigenvalue weighted by Gasteiger charge is -2.28. The molecule has 0 unspecified atom stereocenters. The fourth-order valence-corrected chi connectivity index (χ4v) is 2.88. The first kappa shape index (κ1) is 16.9. The van der Waals surface area contributed by atoms with Gasteiger partial charge in [-0.25, -0.2) is 18.9 Å². The fraction of sp³-hybridized carbons (Fsp3) is 0.600. The molecule has 9 heteroatoms. The molecule has 2 atom stereocenters. The van der Waals surface area contributed by atoms with E-state index in [9.17, 15) is 9.18 Å². The number of hydrogen-bond donors (Lipinski definition) is 0. The number of ether oxygens (including phenoxy) is 1. The van der Waals surface area contributed by atoms with Crippen LogP contribution in [0.4, 0.5) is 9.18 Å². The summed E-state index contributed by atoms with van der Waals surface area (Å²) in [6.45, 7) is 5.68. The van der Waals surface area contributed by atoms with E-state index in [1.165, 1.54) is 4.90 Å². The van der Waals surface area contributed by atoms with E-state index in [1.807, 2.05) is 0 Å². The van der Waals surface area contributed by atoms with Crippen LogP contribution in [0.25, 0.3) is 11.0 Å². The van der Waals surface area contributed by atoms with E-state index in [0.717, 1.165) is 5.39 Å². The van der Waals surface area contributed by atoms with Crippen LogP contribution in [0.3, 0.4) is 0 Å². The summed E-state index contributed by atoms with van der Waals surface area (Å²) in [7, 11) is 0. The monoisotopic (exact) mass is 355 g/mol. The zero-order chi connectivity index (χ0) is 17.5. The molecule has 1 saturated heterocycles. The van der Waals surface area contributed by atoms with Crippen LogP contribution in [0.1, 0.15) is 27.2 Å². The van der Waals surface area contributed by atoms with E-state index in [2.05, 4.69) is 15.1 Å². The number of fused-ring (bicyclic) bond motifs is 1. The number of amides is 1. The zero-order valence-corrected chi connectivity index (χ0v) is 14.5. The number of alkyl halides is 1. The zero-order valence-electron chi connectivity index (χ0n) is 13.7. The first-order valence-corrected chi connectivity index (χ1v) is 8.08. The Bertz CT molecular complexity index is 760. The lowest BCUT2D eigenvalue weighted by molar-refractivity contribution is 0.0205. The molecule has 0 N–H and O–H groups in total. The van der Waals surface area contributed by atoms with Crippen molar-refractivity contribution in [1.82, 2.24) is 24.6 Å². The highest BCUT2D eigenvalue weighted by Gasteiger charge is 2.38. The highest BCUT2D eigenvalue weighted by Crippen LogP contribution is 2.25. The predicted octanol–water partition coefficient (Wildman–Crippen LogP) is 2.83. The maximum Gasteiger partial charge on any atom is 0.410 e. The van der Waals surface area contributed by atoms with Crippen LogP contribution in [-0.2, 0) is 11.3 Å². The van der Waals surface area contributed by atoms with Crippen molar-refractivity contribution in [2.45, 2.75) is 51.6 Å². The van der Waals surface area contributed by atoms with Crippen LogP contribution in [-0.4, -0.2) is 55.1 Å². The van der Waals surface area contributed by atoms with Gasteiger partial charge >= 0.3 is 6.09 Å². The highest BCUT2D eigenvalue weighted by molar-refractivity contribution is 6.28. The fourth-order valence-electron chi connectivity index (χ4n) is 2.76. The summed E-state index contributed by atoms with van der Waals surface area (Å²) in [6.07, 6.45) is 1.83. The molecule has 3 rings (SSSR count). The molecule has 0 spiro atoms. The van der Waals surface area contributed by atoms with E-state index < -0.39 is 17.9 Å². The van der Waals surface area contributed by atoms with Crippen molar-refractivity contribution in [3.05, 3.63) is 17.7 Å². The lowest BCUT2D eigenvalue weighted by Crippen LogP contribution is -2.41. The number of likely N-dealkylation sites (tertiary alicyclic amines) is 1. The highest BCUT2D eigenvalue weighted by atomic mass is 35.5. The smallest absolute Gasteiger partial charge is 0.410 e. The van der Waals surface area contributed by atoms with Crippen LogP contribution in [0.15, 0.2) is 12.4 Å². The SMILES string of the molecule is CC(C)(C)OC(=O)N1C[C@@H](F)C[C@H]1Cn1ncc2cnc(Cl)nc21. The minimum Gasteiger partial charge on any atom is -0.444 e. The maximum atomic E-state index is 13.9. The molecule has 1 fully saturated rings. The largest absolute Gasteiger partial charge is 0.444 e. The lowest BCUT2D eigenvalue weighted by atomic mass is 10.2. The number of rotatable bonds is 2. The molecule has 1 aliphatic rings. The number of nitrogens with zero attached hydrogens (tertiary/aromatic N) is 5. The van der Waals surface area contributed by atoms with Gasteiger partial charge in [-0.05, 0) is 32.4 Å². The Balaban J connectivity index is 1.81. The Kier molecular flexibility index (Phi) is 4.33. The van der Waals surface area contributed by atoms with Crippen LogP contribution in [0, 0.1) is 0 Å². The van der Waals surface area contributed by atoms with E-state index in [0.29, 0.717) is 12.2 Å². The maximum absolute atomic E-state index is 13.9. The van der Waals surface area contributed by atoms with Gasteiger partial charge in [0.2, 0.25) is 5.28 Å². The molecular weight excluding hydrogens is 337 g/mol. The Labute approximate surface area is 143 Å². The van der Waals surface area contributed by atoms with Gasteiger partial charge in [-0.3, -0.25) is 0 Å². The molecule has 1 aliphatic heterocycles. The number of carbonyl (C=O) groups excluding carboxylic acids is 1. The molecule has 0 saturated carbocycles. The second-order valence-electron chi connectivity index (χ2n) is 6.86. The number of aromatic nitrogens is 4. The van der Waals surface area contributed by atoms with Gasteiger partial charge in [-0.1, -0.05) is 0 Å². The molecule has 1 amide bonds. The molecule has 0 aliphatic carbocycles. The molecule has 130 valence electrons. The molecule has 2 aromatic heterocycles. The summed E-state index contributed by atoms with van der Waals surface area (Å²) >= 11 is 5.83. The third-order valence-corrected chi connectivity index (χ3v) is 3.90. The van der Waals surface area contributed by atoms with Gasteiger partial charge in [-0.15, -0.1) is 0 Å². The van der Waals surface area contributed by atoms with Crippen molar-refractivity contribution in [1.29, 1.82) is 0 Å². The minimum absolute atomic E-state index is 0.0223. The van der Waals surface area contributed by atoms with Gasteiger partial charge < -0.3 is 9.64 Å². The standard InChI is InChI=1S/C15H19ClFN5O2/c1-15(2,3)24-14(23)21-7-10(17)4-11(21)8-22-12-9(6-19-22)5-18-13(16)20-12/h5-6,10-11H,4,7-8H2,1-3H3/t10-,11-/m0/s1. The van der Waals surface area contributed by atoms with Crippen LogP contribution >= 0.6 is 11.6 Å². The molecule has 3 heterocycles. The van der Waals surface area contributed by atoms with E-state index >= 15 is 0 Å². The Hall–Kier alpha value is -1.96. The van der Waals surface area contributed by atoms with Crippen molar-refractivity contribution in [3.63, 3.8) is 0 Å². The van der Waals surface area contributed by atoms with Crippen molar-refractivity contribution >= 4 is 28.7 Å². The average molecular weight is 356 g/mol.